The Morgan fingerprint density at radius 3 is 2.26 bits per heavy atom. The maximum Gasteiger partial charge on any atom is 0.254 e. The van der Waals surface area contributed by atoms with Gasteiger partial charge in [0.25, 0.3) is 15.9 Å². The third-order valence-electron chi connectivity index (χ3n) is 6.73. The molecule has 1 aromatic heterocycles. The highest BCUT2D eigenvalue weighted by Gasteiger charge is 2.33. The molecule has 1 N–H and O–H groups in total. The van der Waals surface area contributed by atoms with Crippen LogP contribution in [0.2, 0.25) is 0 Å². The molecule has 4 rings (SSSR count). The number of sulfonamides is 1. The van der Waals surface area contributed by atoms with Gasteiger partial charge < -0.3 is 10.2 Å². The second-order valence-corrected chi connectivity index (χ2v) is 12.5. The average Bonchev–Trinajstić information content (AvgIpc) is 3.36. The van der Waals surface area contributed by atoms with E-state index in [2.05, 4.69) is 19.2 Å². The summed E-state index contributed by atoms with van der Waals surface area (Å²) in [5.74, 6) is 0.0447. The summed E-state index contributed by atoms with van der Waals surface area (Å²) < 4.78 is 28.0. The zero-order chi connectivity index (χ0) is 24.3. The summed E-state index contributed by atoms with van der Waals surface area (Å²) in [4.78, 5) is 27.2. The Hall–Kier alpha value is -2.23. The Balaban J connectivity index is 1.33. The number of likely N-dealkylation sites (tertiary alicyclic amines) is 1. The lowest BCUT2D eigenvalue weighted by atomic mass is 9.97. The molecule has 2 aliphatic rings. The number of carbonyl (C=O) groups is 2. The Labute approximate surface area is 206 Å². The molecule has 7 nitrogen and oxygen atoms in total. The van der Waals surface area contributed by atoms with Crippen LogP contribution in [0.5, 0.6) is 0 Å². The first kappa shape index (κ1) is 24.9. The quantitative estimate of drug-likeness (QED) is 0.627. The van der Waals surface area contributed by atoms with Gasteiger partial charge in [-0.25, -0.2) is 8.42 Å². The molecule has 0 spiro atoms. The van der Waals surface area contributed by atoms with Crippen LogP contribution in [-0.4, -0.2) is 55.6 Å². The standard InChI is InChI=1S/C25H33N3O4S2/c1-18(2)19-6-8-22(9-7-19)26-24(29)20-10-14-28(15-11-20)34(31,32)23-16-21(17-33-23)25(30)27-12-4-3-5-13-27/h6-9,16-18,20H,3-5,10-15H2,1-2H3,(H,26,29). The zero-order valence-electron chi connectivity index (χ0n) is 19.8. The van der Waals surface area contributed by atoms with Crippen molar-refractivity contribution < 1.29 is 18.0 Å². The number of thiophene rings is 1. The Morgan fingerprint density at radius 2 is 1.65 bits per heavy atom. The molecule has 0 atom stereocenters. The van der Waals surface area contributed by atoms with Crippen LogP contribution in [0, 0.1) is 5.92 Å². The number of carbonyl (C=O) groups excluding carboxylic acids is 2. The molecule has 34 heavy (non-hydrogen) atoms. The highest BCUT2D eigenvalue weighted by atomic mass is 32.2. The minimum atomic E-state index is -3.68. The summed E-state index contributed by atoms with van der Waals surface area (Å²) in [5, 5.41) is 4.61. The summed E-state index contributed by atoms with van der Waals surface area (Å²) >= 11 is 1.10. The van der Waals surface area contributed by atoms with E-state index < -0.39 is 10.0 Å². The van der Waals surface area contributed by atoms with E-state index in [1.165, 1.54) is 15.9 Å². The van der Waals surface area contributed by atoms with Gasteiger partial charge in [0.2, 0.25) is 5.91 Å². The van der Waals surface area contributed by atoms with Gasteiger partial charge in [-0.05, 0) is 61.8 Å². The van der Waals surface area contributed by atoms with E-state index in [9.17, 15) is 18.0 Å². The van der Waals surface area contributed by atoms with Gasteiger partial charge >= 0.3 is 0 Å². The van der Waals surface area contributed by atoms with Crippen LogP contribution >= 0.6 is 11.3 Å². The molecule has 1 aromatic carbocycles. The lowest BCUT2D eigenvalue weighted by Gasteiger charge is -2.30. The first-order chi connectivity index (χ1) is 16.3. The Kier molecular flexibility index (Phi) is 7.74. The van der Waals surface area contributed by atoms with Gasteiger partial charge in [-0.2, -0.15) is 4.31 Å². The van der Waals surface area contributed by atoms with E-state index in [1.807, 2.05) is 29.2 Å². The molecule has 0 aliphatic carbocycles. The van der Waals surface area contributed by atoms with E-state index in [0.717, 1.165) is 49.4 Å². The molecule has 184 valence electrons. The predicted octanol–water partition coefficient (Wildman–Crippen LogP) is 4.54. The van der Waals surface area contributed by atoms with Crippen LogP contribution in [0.15, 0.2) is 39.9 Å². The second-order valence-electron chi connectivity index (χ2n) is 9.45. The highest BCUT2D eigenvalue weighted by molar-refractivity contribution is 7.91. The second kappa shape index (κ2) is 10.6. The minimum absolute atomic E-state index is 0.0696. The monoisotopic (exact) mass is 503 g/mol. The highest BCUT2D eigenvalue weighted by Crippen LogP contribution is 2.29. The molecule has 2 aromatic rings. The number of nitrogens with one attached hydrogen (secondary N) is 1. The largest absolute Gasteiger partial charge is 0.339 e. The fourth-order valence-corrected chi connectivity index (χ4v) is 7.30. The van der Waals surface area contributed by atoms with Gasteiger partial charge in [0.15, 0.2) is 0 Å². The molecule has 0 unspecified atom stereocenters. The van der Waals surface area contributed by atoms with Crippen molar-refractivity contribution in [3.63, 3.8) is 0 Å². The molecule has 2 saturated heterocycles. The number of benzene rings is 1. The van der Waals surface area contributed by atoms with Gasteiger partial charge in [0.05, 0.1) is 5.56 Å². The van der Waals surface area contributed by atoms with E-state index in [1.54, 1.807) is 5.38 Å². The normalized spacial score (nSPS) is 18.3. The molecule has 0 radical (unpaired) electrons. The van der Waals surface area contributed by atoms with Crippen molar-refractivity contribution in [3.8, 4) is 0 Å². The summed E-state index contributed by atoms with van der Waals surface area (Å²) in [6.07, 6.45) is 4.06. The number of hydrogen-bond acceptors (Lipinski definition) is 5. The molecule has 0 saturated carbocycles. The predicted molar refractivity (Wildman–Crippen MR) is 135 cm³/mol. The van der Waals surface area contributed by atoms with Gasteiger partial charge in [-0.3, -0.25) is 9.59 Å². The minimum Gasteiger partial charge on any atom is -0.339 e. The smallest absolute Gasteiger partial charge is 0.254 e. The lowest BCUT2D eigenvalue weighted by Crippen LogP contribution is -2.41. The van der Waals surface area contributed by atoms with Crippen LogP contribution in [0.4, 0.5) is 5.69 Å². The van der Waals surface area contributed by atoms with Crippen LogP contribution in [-0.2, 0) is 14.8 Å². The van der Waals surface area contributed by atoms with Crippen molar-refractivity contribution in [1.29, 1.82) is 0 Å². The molecule has 3 heterocycles. The number of rotatable bonds is 6. The van der Waals surface area contributed by atoms with Crippen molar-refractivity contribution in [1.82, 2.24) is 9.21 Å². The van der Waals surface area contributed by atoms with Gasteiger partial charge in [0.1, 0.15) is 4.21 Å². The van der Waals surface area contributed by atoms with E-state index >= 15 is 0 Å². The van der Waals surface area contributed by atoms with Crippen LogP contribution in [0.1, 0.15) is 67.8 Å². The number of piperidine rings is 2. The van der Waals surface area contributed by atoms with Crippen LogP contribution in [0.25, 0.3) is 0 Å². The fraction of sp³-hybridized carbons (Fsp3) is 0.520. The maximum absolute atomic E-state index is 13.2. The molecule has 2 amide bonds. The molecule has 0 bridgehead atoms. The van der Waals surface area contributed by atoms with E-state index in [0.29, 0.717) is 37.4 Å². The number of nitrogens with zero attached hydrogens (tertiary/aromatic N) is 2. The number of anilines is 1. The molecule has 2 fully saturated rings. The summed E-state index contributed by atoms with van der Waals surface area (Å²) in [7, 11) is -3.68. The summed E-state index contributed by atoms with van der Waals surface area (Å²) in [6, 6.07) is 9.36. The topological polar surface area (TPSA) is 86.8 Å². The third-order valence-corrected chi connectivity index (χ3v) is 10.0. The van der Waals surface area contributed by atoms with Crippen molar-refractivity contribution in [2.24, 2.45) is 5.92 Å². The van der Waals surface area contributed by atoms with Crippen LogP contribution < -0.4 is 5.32 Å². The van der Waals surface area contributed by atoms with Crippen molar-refractivity contribution in [2.75, 3.05) is 31.5 Å². The molecular formula is C25H33N3O4S2. The van der Waals surface area contributed by atoms with Gasteiger partial charge in [-0.15, -0.1) is 11.3 Å². The summed E-state index contributed by atoms with van der Waals surface area (Å²) in [5.41, 5.74) is 2.42. The van der Waals surface area contributed by atoms with Gasteiger partial charge in [0, 0.05) is 43.2 Å². The average molecular weight is 504 g/mol. The van der Waals surface area contributed by atoms with Crippen molar-refractivity contribution in [2.45, 2.75) is 56.1 Å². The van der Waals surface area contributed by atoms with Gasteiger partial charge in [-0.1, -0.05) is 26.0 Å². The fourth-order valence-electron chi connectivity index (χ4n) is 4.52. The third kappa shape index (κ3) is 5.53. The molecule has 9 heteroatoms. The van der Waals surface area contributed by atoms with Crippen molar-refractivity contribution >= 4 is 38.9 Å². The first-order valence-electron chi connectivity index (χ1n) is 12.0. The molecule has 2 aliphatic heterocycles. The van der Waals surface area contributed by atoms with E-state index in [-0.39, 0.29) is 21.9 Å². The Morgan fingerprint density at radius 1 is 1.00 bits per heavy atom. The lowest BCUT2D eigenvalue weighted by molar-refractivity contribution is -0.120. The zero-order valence-corrected chi connectivity index (χ0v) is 21.5. The molecular weight excluding hydrogens is 470 g/mol. The SMILES string of the molecule is CC(C)c1ccc(NC(=O)C2CCN(S(=O)(=O)c3cc(C(=O)N4CCCCC4)cs3)CC2)cc1. The van der Waals surface area contributed by atoms with E-state index in [4.69, 9.17) is 0 Å². The number of amides is 2. The first-order valence-corrected chi connectivity index (χ1v) is 14.4. The maximum atomic E-state index is 13.2. The number of hydrogen-bond donors (Lipinski definition) is 1. The Bertz CT molecular complexity index is 1110. The van der Waals surface area contributed by atoms with Crippen molar-refractivity contribution in [3.05, 3.63) is 46.8 Å². The summed E-state index contributed by atoms with van der Waals surface area (Å²) in [6.45, 7) is 6.29. The van der Waals surface area contributed by atoms with Crippen LogP contribution in [0.3, 0.4) is 0 Å².